The Morgan fingerprint density at radius 1 is 1.41 bits per heavy atom. The third-order valence-electron chi connectivity index (χ3n) is 3.16. The van der Waals surface area contributed by atoms with Crippen LogP contribution in [-0.4, -0.2) is 42.0 Å². The average Bonchev–Trinajstić information content (AvgIpc) is 2.13. The lowest BCUT2D eigenvalue weighted by atomic mass is 9.94. The van der Waals surface area contributed by atoms with Crippen LogP contribution in [0.1, 0.15) is 27.7 Å². The first-order valence-corrected chi connectivity index (χ1v) is 6.25. The fourth-order valence-corrected chi connectivity index (χ4v) is 1.71. The van der Waals surface area contributed by atoms with Crippen molar-refractivity contribution in [2.45, 2.75) is 33.2 Å². The first kappa shape index (κ1) is 16.3. The lowest BCUT2D eigenvalue weighted by Gasteiger charge is -2.33. The number of amides is 1. The number of carbonyl (C=O) groups is 1. The van der Waals surface area contributed by atoms with Gasteiger partial charge in [-0.15, -0.1) is 0 Å². The van der Waals surface area contributed by atoms with Crippen molar-refractivity contribution in [2.75, 3.05) is 20.6 Å². The van der Waals surface area contributed by atoms with Gasteiger partial charge in [0.2, 0.25) is 5.91 Å². The normalized spacial score (nSPS) is 13.9. The Morgan fingerprint density at radius 2 is 1.88 bits per heavy atom. The van der Waals surface area contributed by atoms with Gasteiger partial charge in [-0.1, -0.05) is 26.1 Å². The van der Waals surface area contributed by atoms with E-state index in [1.807, 2.05) is 27.9 Å². The molecule has 0 fully saturated rings. The van der Waals surface area contributed by atoms with Crippen LogP contribution in [0, 0.1) is 11.8 Å². The molecule has 0 aromatic heterocycles. The summed E-state index contributed by atoms with van der Waals surface area (Å²) in [5.41, 5.74) is 5.51. The van der Waals surface area contributed by atoms with E-state index in [0.29, 0.717) is 6.54 Å². The molecule has 0 spiro atoms. The maximum Gasteiger partial charge on any atom is 0.230 e. The minimum Gasteiger partial charge on any atom is -0.393 e. The fourth-order valence-electron chi connectivity index (χ4n) is 1.33. The highest BCUT2D eigenvalue weighted by Crippen LogP contribution is 2.13. The van der Waals surface area contributed by atoms with Crippen LogP contribution in [0.2, 0.25) is 0 Å². The zero-order valence-corrected chi connectivity index (χ0v) is 12.5. The molecule has 1 amide bonds. The molecule has 0 aliphatic carbocycles. The summed E-state index contributed by atoms with van der Waals surface area (Å²) in [6.45, 7) is 8.60. The smallest absolute Gasteiger partial charge is 0.230 e. The molecule has 0 aromatic rings. The molecule has 100 valence electrons. The van der Waals surface area contributed by atoms with E-state index >= 15 is 0 Å². The summed E-state index contributed by atoms with van der Waals surface area (Å²) in [6, 6.07) is 0. The summed E-state index contributed by atoms with van der Waals surface area (Å²) in [6.07, 6.45) is 0. The van der Waals surface area contributed by atoms with Crippen LogP contribution < -0.4 is 11.1 Å². The number of likely N-dealkylation sites (N-methyl/N-ethyl adjacent to an activating group) is 1. The van der Waals surface area contributed by atoms with E-state index in [2.05, 4.69) is 24.1 Å². The van der Waals surface area contributed by atoms with Gasteiger partial charge in [-0.2, -0.15) is 0 Å². The molecule has 5 heteroatoms. The van der Waals surface area contributed by atoms with Crippen molar-refractivity contribution in [1.82, 2.24) is 10.2 Å². The number of hydrogen-bond acceptors (Lipinski definition) is 3. The van der Waals surface area contributed by atoms with Crippen molar-refractivity contribution < 1.29 is 4.79 Å². The highest BCUT2D eigenvalue weighted by molar-refractivity contribution is 7.80. The summed E-state index contributed by atoms with van der Waals surface area (Å²) in [4.78, 5) is 14.3. The zero-order valence-electron chi connectivity index (χ0n) is 11.7. The van der Waals surface area contributed by atoms with Gasteiger partial charge in [0.15, 0.2) is 0 Å². The third kappa shape index (κ3) is 5.00. The van der Waals surface area contributed by atoms with Crippen molar-refractivity contribution in [3.05, 3.63) is 0 Å². The van der Waals surface area contributed by atoms with Crippen LogP contribution in [0.3, 0.4) is 0 Å². The van der Waals surface area contributed by atoms with Crippen molar-refractivity contribution >= 4 is 23.1 Å². The summed E-state index contributed by atoms with van der Waals surface area (Å²) >= 11 is 4.94. The van der Waals surface area contributed by atoms with Gasteiger partial charge < -0.3 is 16.0 Å². The Hall–Kier alpha value is -0.680. The maximum atomic E-state index is 12.0. The predicted octanol–water partition coefficient (Wildman–Crippen LogP) is 1.00. The average molecular weight is 259 g/mol. The second kappa shape index (κ2) is 6.31. The topological polar surface area (TPSA) is 58.4 Å². The van der Waals surface area contributed by atoms with Crippen molar-refractivity contribution in [2.24, 2.45) is 17.6 Å². The fraction of sp³-hybridized carbons (Fsp3) is 0.833. The predicted molar refractivity (Wildman–Crippen MR) is 75.9 cm³/mol. The first-order chi connectivity index (χ1) is 7.59. The van der Waals surface area contributed by atoms with Crippen molar-refractivity contribution in [3.63, 3.8) is 0 Å². The molecule has 0 aromatic carbocycles. The third-order valence-corrected chi connectivity index (χ3v) is 3.42. The van der Waals surface area contributed by atoms with E-state index < -0.39 is 0 Å². The lowest BCUT2D eigenvalue weighted by Crippen LogP contribution is -2.51. The number of nitrogens with two attached hydrogens (primary N) is 1. The molecule has 0 rings (SSSR count). The number of hydrogen-bond donors (Lipinski definition) is 2. The van der Waals surface area contributed by atoms with E-state index in [0.717, 1.165) is 0 Å². The summed E-state index contributed by atoms with van der Waals surface area (Å²) in [7, 11) is 3.97. The molecule has 1 atom stereocenters. The Morgan fingerprint density at radius 3 is 2.18 bits per heavy atom. The van der Waals surface area contributed by atoms with Crippen LogP contribution in [0.4, 0.5) is 0 Å². The largest absolute Gasteiger partial charge is 0.393 e. The molecule has 0 aliphatic heterocycles. The van der Waals surface area contributed by atoms with E-state index in [9.17, 15) is 4.79 Å². The summed E-state index contributed by atoms with van der Waals surface area (Å²) in [5.74, 6) is -0.347. The van der Waals surface area contributed by atoms with Crippen molar-refractivity contribution in [1.29, 1.82) is 0 Å². The highest BCUT2D eigenvalue weighted by atomic mass is 32.1. The van der Waals surface area contributed by atoms with E-state index in [4.69, 9.17) is 18.0 Å². The van der Waals surface area contributed by atoms with Crippen LogP contribution in [0.15, 0.2) is 0 Å². The monoisotopic (exact) mass is 259 g/mol. The molecule has 0 aliphatic rings. The summed E-state index contributed by atoms with van der Waals surface area (Å²) in [5, 5.41) is 2.92. The molecule has 0 bridgehead atoms. The number of carbonyl (C=O) groups excluding carboxylic acids is 1. The van der Waals surface area contributed by atoms with Gasteiger partial charge in [-0.3, -0.25) is 4.79 Å². The van der Waals surface area contributed by atoms with E-state index in [-0.39, 0.29) is 28.3 Å². The highest BCUT2D eigenvalue weighted by Gasteiger charge is 2.27. The van der Waals surface area contributed by atoms with Gasteiger partial charge in [-0.05, 0) is 33.9 Å². The Kier molecular flexibility index (Phi) is 6.05. The number of rotatable bonds is 6. The lowest BCUT2D eigenvalue weighted by molar-refractivity contribution is -0.124. The number of nitrogens with zero attached hydrogens (tertiary/aromatic N) is 1. The number of nitrogens with one attached hydrogen (secondary N) is 1. The SMILES string of the molecule is CC(C)C(C(=O)NCC(C)(C)N(C)C)C(N)=S. The van der Waals surface area contributed by atoms with Gasteiger partial charge in [-0.25, -0.2) is 0 Å². The van der Waals surface area contributed by atoms with Gasteiger partial charge in [0.05, 0.1) is 10.9 Å². The molecule has 17 heavy (non-hydrogen) atoms. The van der Waals surface area contributed by atoms with Crippen LogP contribution in [-0.2, 0) is 4.79 Å². The summed E-state index contributed by atoms with van der Waals surface area (Å²) < 4.78 is 0. The minimum atomic E-state index is -0.386. The van der Waals surface area contributed by atoms with E-state index in [1.54, 1.807) is 0 Å². The maximum absolute atomic E-state index is 12.0. The van der Waals surface area contributed by atoms with Crippen LogP contribution in [0.25, 0.3) is 0 Å². The molecule has 0 saturated carbocycles. The molecular formula is C12H25N3OS. The van der Waals surface area contributed by atoms with Gasteiger partial charge in [0.1, 0.15) is 0 Å². The molecular weight excluding hydrogens is 234 g/mol. The first-order valence-electron chi connectivity index (χ1n) is 5.84. The van der Waals surface area contributed by atoms with E-state index in [1.165, 1.54) is 0 Å². The molecule has 3 N–H and O–H groups in total. The second-order valence-corrected chi connectivity index (χ2v) is 6.02. The molecule has 0 heterocycles. The Bertz CT molecular complexity index is 287. The molecule has 0 saturated heterocycles. The minimum absolute atomic E-state index is 0.0811. The Labute approximate surface area is 110 Å². The quantitative estimate of drug-likeness (QED) is 0.699. The van der Waals surface area contributed by atoms with Gasteiger partial charge in [0, 0.05) is 12.1 Å². The zero-order chi connectivity index (χ0) is 13.8. The second-order valence-electron chi connectivity index (χ2n) is 5.55. The molecule has 0 radical (unpaired) electrons. The van der Waals surface area contributed by atoms with Crippen molar-refractivity contribution in [3.8, 4) is 0 Å². The van der Waals surface area contributed by atoms with Gasteiger partial charge >= 0.3 is 0 Å². The number of thiocarbonyl (C=S) groups is 1. The standard InChI is InChI=1S/C12H25N3OS/c1-8(2)9(10(13)17)11(16)14-7-12(3,4)15(5)6/h8-9H,7H2,1-6H3,(H2,13,17)(H,14,16). The Balaban J connectivity index is 4.49. The van der Waals surface area contributed by atoms with Crippen LogP contribution in [0.5, 0.6) is 0 Å². The molecule has 1 unspecified atom stereocenters. The van der Waals surface area contributed by atoms with Gasteiger partial charge in [0.25, 0.3) is 0 Å². The van der Waals surface area contributed by atoms with Crippen LogP contribution >= 0.6 is 12.2 Å². The molecule has 4 nitrogen and oxygen atoms in total.